The van der Waals surface area contributed by atoms with E-state index in [2.05, 4.69) is 19.2 Å². The summed E-state index contributed by atoms with van der Waals surface area (Å²) in [5.41, 5.74) is 0.301. The van der Waals surface area contributed by atoms with Gasteiger partial charge < -0.3 is 15.3 Å². The SMILES string of the molecule is CC[C@@H](C(=O)N[C@H](C(=O)N(C)C(/C=C(\C)C(=O)O)C(C)C)C(C)(C)C)C(C)(C)c1ccccc1. The van der Waals surface area contributed by atoms with Crippen molar-refractivity contribution in [3.05, 3.63) is 47.5 Å². The lowest BCUT2D eigenvalue weighted by molar-refractivity contribution is -0.141. The van der Waals surface area contributed by atoms with E-state index in [1.54, 1.807) is 18.0 Å². The second kappa shape index (κ2) is 11.7. The summed E-state index contributed by atoms with van der Waals surface area (Å²) in [6, 6.07) is 8.78. The average molecular weight is 473 g/mol. The summed E-state index contributed by atoms with van der Waals surface area (Å²) in [5, 5.41) is 12.4. The zero-order valence-electron chi connectivity index (χ0n) is 22.6. The summed E-state index contributed by atoms with van der Waals surface area (Å²) in [6.45, 7) is 17.3. The van der Waals surface area contributed by atoms with Crippen LogP contribution in [0.15, 0.2) is 42.0 Å². The highest BCUT2D eigenvalue weighted by Gasteiger charge is 2.41. The van der Waals surface area contributed by atoms with Crippen molar-refractivity contribution in [1.82, 2.24) is 10.2 Å². The van der Waals surface area contributed by atoms with Gasteiger partial charge in [0.25, 0.3) is 0 Å². The minimum Gasteiger partial charge on any atom is -0.478 e. The fourth-order valence-electron chi connectivity index (χ4n) is 4.41. The average Bonchev–Trinajstić information content (AvgIpc) is 2.74. The van der Waals surface area contributed by atoms with Crippen LogP contribution in [-0.2, 0) is 19.8 Å². The van der Waals surface area contributed by atoms with E-state index in [0.29, 0.717) is 6.42 Å². The van der Waals surface area contributed by atoms with Gasteiger partial charge in [-0.15, -0.1) is 0 Å². The molecule has 0 heterocycles. The maximum Gasteiger partial charge on any atom is 0.331 e. The Morgan fingerprint density at radius 1 is 1.06 bits per heavy atom. The van der Waals surface area contributed by atoms with Gasteiger partial charge in [0, 0.05) is 24.0 Å². The molecule has 0 spiro atoms. The Kier molecular flexibility index (Phi) is 10.1. The molecule has 2 amide bonds. The molecule has 0 saturated carbocycles. The first-order valence-corrected chi connectivity index (χ1v) is 12.1. The summed E-state index contributed by atoms with van der Waals surface area (Å²) >= 11 is 0. The van der Waals surface area contributed by atoms with Crippen molar-refractivity contribution in [1.29, 1.82) is 0 Å². The van der Waals surface area contributed by atoms with Crippen LogP contribution < -0.4 is 5.32 Å². The Bertz CT molecular complexity index is 881. The first kappa shape index (κ1) is 29.4. The van der Waals surface area contributed by atoms with Gasteiger partial charge in [-0.1, -0.05) is 91.8 Å². The Hall–Kier alpha value is -2.63. The minimum atomic E-state index is -1.01. The third-order valence-corrected chi connectivity index (χ3v) is 6.75. The highest BCUT2D eigenvalue weighted by atomic mass is 16.4. The van der Waals surface area contributed by atoms with Gasteiger partial charge >= 0.3 is 5.97 Å². The molecule has 6 heteroatoms. The van der Waals surface area contributed by atoms with Gasteiger partial charge in [-0.05, 0) is 30.2 Å². The number of carbonyl (C=O) groups excluding carboxylic acids is 2. The van der Waals surface area contributed by atoms with Crippen LogP contribution >= 0.6 is 0 Å². The van der Waals surface area contributed by atoms with Crippen LogP contribution in [0.4, 0.5) is 0 Å². The second-order valence-corrected chi connectivity index (χ2v) is 11.2. The van der Waals surface area contributed by atoms with Crippen molar-refractivity contribution >= 4 is 17.8 Å². The van der Waals surface area contributed by atoms with E-state index in [1.165, 1.54) is 6.92 Å². The number of hydrogen-bond acceptors (Lipinski definition) is 3. The van der Waals surface area contributed by atoms with E-state index in [9.17, 15) is 19.5 Å². The maximum atomic E-state index is 13.7. The molecule has 0 aliphatic heterocycles. The first-order chi connectivity index (χ1) is 15.5. The Morgan fingerprint density at radius 2 is 1.59 bits per heavy atom. The van der Waals surface area contributed by atoms with Crippen molar-refractivity contribution in [2.45, 2.75) is 86.2 Å². The van der Waals surface area contributed by atoms with Crippen molar-refractivity contribution in [2.24, 2.45) is 17.3 Å². The van der Waals surface area contributed by atoms with Gasteiger partial charge in [-0.2, -0.15) is 0 Å². The van der Waals surface area contributed by atoms with Crippen LogP contribution in [0.5, 0.6) is 0 Å². The number of amides is 2. The lowest BCUT2D eigenvalue weighted by Gasteiger charge is -2.39. The van der Waals surface area contributed by atoms with E-state index in [1.807, 2.05) is 71.9 Å². The summed E-state index contributed by atoms with van der Waals surface area (Å²) in [4.78, 5) is 40.2. The standard InChI is InChI=1S/C28H44N2O4/c1-11-21(28(8,9)20-15-13-12-14-16-20)24(31)29-23(27(5,6)7)25(32)30(10)22(18(2)3)17-19(4)26(33)34/h12-18,21-23H,11H2,1-10H3,(H,29,31)(H,33,34)/b19-17+/t21-,22?,23+/m0/s1. The van der Waals surface area contributed by atoms with Gasteiger partial charge in [0.05, 0.1) is 6.04 Å². The fourth-order valence-corrected chi connectivity index (χ4v) is 4.41. The van der Waals surface area contributed by atoms with Crippen LogP contribution in [0.2, 0.25) is 0 Å². The number of rotatable bonds is 10. The van der Waals surface area contributed by atoms with Gasteiger partial charge in [-0.3, -0.25) is 9.59 Å². The number of carboxylic acid groups (broad SMARTS) is 1. The monoisotopic (exact) mass is 472 g/mol. The summed E-state index contributed by atoms with van der Waals surface area (Å²) in [6.07, 6.45) is 2.24. The number of aliphatic carboxylic acids is 1. The van der Waals surface area contributed by atoms with E-state index in [4.69, 9.17) is 0 Å². The maximum absolute atomic E-state index is 13.7. The number of likely N-dealkylation sites (N-methyl/N-ethyl adjacent to an activating group) is 1. The summed E-state index contributed by atoms with van der Waals surface area (Å²) < 4.78 is 0. The number of carbonyl (C=O) groups is 3. The molecule has 1 aromatic carbocycles. The van der Waals surface area contributed by atoms with Crippen molar-refractivity contribution in [2.75, 3.05) is 7.05 Å². The van der Waals surface area contributed by atoms with Crippen molar-refractivity contribution < 1.29 is 19.5 Å². The highest BCUT2D eigenvalue weighted by molar-refractivity contribution is 5.90. The fraction of sp³-hybridized carbons (Fsp3) is 0.607. The molecule has 0 fully saturated rings. The lowest BCUT2D eigenvalue weighted by atomic mass is 9.71. The van der Waals surface area contributed by atoms with E-state index >= 15 is 0 Å². The van der Waals surface area contributed by atoms with Crippen LogP contribution in [0.25, 0.3) is 0 Å². The topological polar surface area (TPSA) is 86.7 Å². The minimum absolute atomic E-state index is 0.0000239. The Balaban J connectivity index is 3.29. The molecule has 0 aliphatic carbocycles. The number of hydrogen-bond donors (Lipinski definition) is 2. The molecule has 2 N–H and O–H groups in total. The van der Waals surface area contributed by atoms with Gasteiger partial charge in [0.15, 0.2) is 0 Å². The molecule has 0 aromatic heterocycles. The molecule has 0 aliphatic rings. The molecule has 0 saturated heterocycles. The smallest absolute Gasteiger partial charge is 0.331 e. The molecule has 34 heavy (non-hydrogen) atoms. The number of carboxylic acids is 1. The molecular formula is C28H44N2O4. The van der Waals surface area contributed by atoms with Crippen LogP contribution in [0, 0.1) is 17.3 Å². The van der Waals surface area contributed by atoms with Gasteiger partial charge in [-0.25, -0.2) is 4.79 Å². The van der Waals surface area contributed by atoms with E-state index in [0.717, 1.165) is 5.56 Å². The molecule has 0 bridgehead atoms. The van der Waals surface area contributed by atoms with E-state index < -0.39 is 28.9 Å². The highest BCUT2D eigenvalue weighted by Crippen LogP contribution is 2.34. The quantitative estimate of drug-likeness (QED) is 0.467. The van der Waals surface area contributed by atoms with Crippen LogP contribution in [-0.4, -0.2) is 46.9 Å². The van der Waals surface area contributed by atoms with Crippen molar-refractivity contribution in [3.63, 3.8) is 0 Å². The predicted octanol–water partition coefficient (Wildman–Crippen LogP) is 5.04. The molecule has 1 aromatic rings. The predicted molar refractivity (Wildman–Crippen MR) is 137 cm³/mol. The second-order valence-electron chi connectivity index (χ2n) is 11.2. The molecule has 1 rings (SSSR count). The Labute approximate surface area is 205 Å². The third kappa shape index (κ3) is 7.18. The zero-order valence-corrected chi connectivity index (χ0v) is 22.6. The lowest BCUT2D eigenvalue weighted by Crippen LogP contribution is -2.58. The largest absolute Gasteiger partial charge is 0.478 e. The summed E-state index contributed by atoms with van der Waals surface area (Å²) in [5.74, 6) is -1.73. The van der Waals surface area contributed by atoms with E-state index in [-0.39, 0.29) is 29.2 Å². The van der Waals surface area contributed by atoms with Crippen LogP contribution in [0.1, 0.15) is 74.3 Å². The molecule has 190 valence electrons. The molecule has 3 atom stereocenters. The Morgan fingerprint density at radius 3 is 2.00 bits per heavy atom. The summed E-state index contributed by atoms with van der Waals surface area (Å²) in [7, 11) is 1.68. The number of nitrogens with zero attached hydrogens (tertiary/aromatic N) is 1. The molecule has 6 nitrogen and oxygen atoms in total. The van der Waals surface area contributed by atoms with Crippen molar-refractivity contribution in [3.8, 4) is 0 Å². The zero-order chi connectivity index (χ0) is 26.4. The molecular weight excluding hydrogens is 428 g/mol. The first-order valence-electron chi connectivity index (χ1n) is 12.1. The third-order valence-electron chi connectivity index (χ3n) is 6.75. The van der Waals surface area contributed by atoms with Crippen LogP contribution in [0.3, 0.4) is 0 Å². The number of benzene rings is 1. The molecule has 0 radical (unpaired) electrons. The number of nitrogens with one attached hydrogen (secondary N) is 1. The van der Waals surface area contributed by atoms with Gasteiger partial charge in [0.1, 0.15) is 6.04 Å². The molecule has 1 unspecified atom stereocenters. The normalized spacial score (nSPS) is 15.4. The van der Waals surface area contributed by atoms with Gasteiger partial charge in [0.2, 0.25) is 11.8 Å².